The van der Waals surface area contributed by atoms with Gasteiger partial charge in [-0.25, -0.2) is 5.48 Å². The molecule has 3 atom stereocenters. The highest BCUT2D eigenvalue weighted by atomic mass is 16.8. The molecule has 1 aromatic carbocycles. The lowest BCUT2D eigenvalue weighted by Gasteiger charge is -2.29. The molecule has 3 aliphatic rings. The van der Waals surface area contributed by atoms with E-state index in [9.17, 15) is 0 Å². The van der Waals surface area contributed by atoms with E-state index in [1.807, 2.05) is 32.0 Å². The highest BCUT2D eigenvalue weighted by molar-refractivity contribution is 5.73. The van der Waals surface area contributed by atoms with Crippen molar-refractivity contribution < 1.29 is 24.2 Å². The molecule has 0 amide bonds. The first kappa shape index (κ1) is 15.9. The van der Waals surface area contributed by atoms with Gasteiger partial charge in [0.15, 0.2) is 17.3 Å². The van der Waals surface area contributed by atoms with Gasteiger partial charge in [0.05, 0.1) is 6.10 Å². The summed E-state index contributed by atoms with van der Waals surface area (Å²) in [5.74, 6) is 1.28. The molecule has 4 rings (SSSR count). The Bertz CT molecular complexity index is 657. The molecular formula is C18H23NO5. The number of hydrogen-bond donors (Lipinski definition) is 2. The van der Waals surface area contributed by atoms with Gasteiger partial charge in [0.25, 0.3) is 0 Å². The Morgan fingerprint density at radius 2 is 2.04 bits per heavy atom. The summed E-state index contributed by atoms with van der Waals surface area (Å²) in [7, 11) is 0. The zero-order chi connectivity index (χ0) is 16.7. The SMILES string of the molecule is CC1(C)O[C@H]2C[C@H](CCNO)C=C(c3ccc4c(c3)OCO4)[C@H]2O1. The Kier molecular flexibility index (Phi) is 4.00. The first-order valence-corrected chi connectivity index (χ1v) is 8.40. The average Bonchev–Trinajstić information content (AvgIpc) is 3.13. The van der Waals surface area contributed by atoms with Gasteiger partial charge in [-0.3, -0.25) is 0 Å². The summed E-state index contributed by atoms with van der Waals surface area (Å²) in [4.78, 5) is 0. The van der Waals surface area contributed by atoms with E-state index in [0.717, 1.165) is 35.5 Å². The molecule has 24 heavy (non-hydrogen) atoms. The van der Waals surface area contributed by atoms with Gasteiger partial charge in [-0.1, -0.05) is 12.1 Å². The van der Waals surface area contributed by atoms with Crippen molar-refractivity contribution in [2.45, 2.75) is 44.7 Å². The maximum absolute atomic E-state index is 8.90. The second-order valence-electron chi connectivity index (χ2n) is 6.98. The van der Waals surface area contributed by atoms with Crippen molar-refractivity contribution in [1.82, 2.24) is 5.48 Å². The molecule has 0 spiro atoms. The first-order valence-electron chi connectivity index (χ1n) is 8.40. The summed E-state index contributed by atoms with van der Waals surface area (Å²) < 4.78 is 23.2. The standard InChI is InChI=1S/C18H23NO5/c1-18(2)23-16-8-11(5-6-19-20)7-13(17(16)24-18)12-3-4-14-15(9-12)22-10-21-14/h3-4,7,9,11,16-17,19-20H,5-6,8,10H2,1-2H3/t11-,16+,17-/m1/s1. The molecule has 1 aromatic rings. The van der Waals surface area contributed by atoms with Crippen molar-refractivity contribution in [3.05, 3.63) is 29.8 Å². The third-order valence-corrected chi connectivity index (χ3v) is 4.77. The summed E-state index contributed by atoms with van der Waals surface area (Å²) in [5, 5.41) is 8.90. The van der Waals surface area contributed by atoms with Crippen LogP contribution in [0.1, 0.15) is 32.3 Å². The van der Waals surface area contributed by atoms with Gasteiger partial charge in [-0.05, 0) is 55.9 Å². The first-order chi connectivity index (χ1) is 11.6. The molecule has 0 bridgehead atoms. The zero-order valence-corrected chi connectivity index (χ0v) is 14.0. The van der Waals surface area contributed by atoms with Gasteiger partial charge >= 0.3 is 0 Å². The summed E-state index contributed by atoms with van der Waals surface area (Å²) >= 11 is 0. The monoisotopic (exact) mass is 333 g/mol. The van der Waals surface area contributed by atoms with Gasteiger partial charge in [0.1, 0.15) is 6.10 Å². The number of allylic oxidation sites excluding steroid dienone is 1. The molecule has 2 aliphatic heterocycles. The summed E-state index contributed by atoms with van der Waals surface area (Å²) in [5.41, 5.74) is 4.43. The van der Waals surface area contributed by atoms with Crippen LogP contribution in [0.2, 0.25) is 0 Å². The number of hydroxylamine groups is 1. The van der Waals surface area contributed by atoms with Crippen molar-refractivity contribution in [3.63, 3.8) is 0 Å². The van der Waals surface area contributed by atoms with Crippen LogP contribution in [-0.4, -0.2) is 36.5 Å². The van der Waals surface area contributed by atoms with Crippen LogP contribution >= 0.6 is 0 Å². The van der Waals surface area contributed by atoms with Crippen molar-refractivity contribution in [2.75, 3.05) is 13.3 Å². The van der Waals surface area contributed by atoms with Crippen LogP contribution in [-0.2, 0) is 9.47 Å². The normalized spacial score (nSPS) is 30.1. The van der Waals surface area contributed by atoms with Crippen molar-refractivity contribution in [2.24, 2.45) is 5.92 Å². The second kappa shape index (κ2) is 6.04. The van der Waals surface area contributed by atoms with E-state index in [4.69, 9.17) is 24.2 Å². The van der Waals surface area contributed by atoms with Crippen LogP contribution in [0.25, 0.3) is 5.57 Å². The molecule has 6 heteroatoms. The van der Waals surface area contributed by atoms with E-state index in [0.29, 0.717) is 12.5 Å². The highest BCUT2D eigenvalue weighted by Crippen LogP contribution is 2.45. The predicted octanol–water partition coefficient (Wildman–Crippen LogP) is 2.71. The predicted molar refractivity (Wildman–Crippen MR) is 86.9 cm³/mol. The summed E-state index contributed by atoms with van der Waals surface area (Å²) in [6, 6.07) is 5.98. The van der Waals surface area contributed by atoms with E-state index in [1.165, 1.54) is 0 Å². The minimum atomic E-state index is -0.588. The van der Waals surface area contributed by atoms with Gasteiger partial charge < -0.3 is 24.2 Å². The second-order valence-corrected chi connectivity index (χ2v) is 6.98. The zero-order valence-electron chi connectivity index (χ0n) is 14.0. The quantitative estimate of drug-likeness (QED) is 0.826. The molecule has 0 saturated carbocycles. The van der Waals surface area contributed by atoms with Crippen molar-refractivity contribution in [3.8, 4) is 11.5 Å². The van der Waals surface area contributed by atoms with E-state index >= 15 is 0 Å². The number of benzene rings is 1. The fourth-order valence-corrected chi connectivity index (χ4v) is 3.77. The van der Waals surface area contributed by atoms with Gasteiger partial charge in [0, 0.05) is 6.54 Å². The molecule has 1 fully saturated rings. The third kappa shape index (κ3) is 2.91. The van der Waals surface area contributed by atoms with Crippen LogP contribution in [0.4, 0.5) is 0 Å². The number of hydrogen-bond acceptors (Lipinski definition) is 6. The Morgan fingerprint density at radius 3 is 2.88 bits per heavy atom. The van der Waals surface area contributed by atoms with Crippen LogP contribution in [0.15, 0.2) is 24.3 Å². The highest BCUT2D eigenvalue weighted by Gasteiger charge is 2.46. The summed E-state index contributed by atoms with van der Waals surface area (Å²) in [6.07, 6.45) is 3.93. The van der Waals surface area contributed by atoms with E-state index < -0.39 is 5.79 Å². The largest absolute Gasteiger partial charge is 0.454 e. The molecule has 2 heterocycles. The molecule has 0 aromatic heterocycles. The van der Waals surface area contributed by atoms with Crippen LogP contribution in [0.5, 0.6) is 11.5 Å². The lowest BCUT2D eigenvalue weighted by molar-refractivity contribution is -0.143. The number of rotatable bonds is 4. The maximum atomic E-state index is 8.90. The van der Waals surface area contributed by atoms with E-state index in [2.05, 4.69) is 11.6 Å². The molecule has 2 N–H and O–H groups in total. The number of ether oxygens (including phenoxy) is 4. The van der Waals surface area contributed by atoms with Gasteiger partial charge in [-0.2, -0.15) is 0 Å². The molecule has 6 nitrogen and oxygen atoms in total. The Morgan fingerprint density at radius 1 is 1.21 bits per heavy atom. The van der Waals surface area contributed by atoms with Crippen LogP contribution < -0.4 is 15.0 Å². The molecule has 1 saturated heterocycles. The van der Waals surface area contributed by atoms with E-state index in [-0.39, 0.29) is 19.0 Å². The number of fused-ring (bicyclic) bond motifs is 2. The smallest absolute Gasteiger partial charge is 0.231 e. The van der Waals surface area contributed by atoms with Crippen molar-refractivity contribution in [1.29, 1.82) is 0 Å². The lowest BCUT2D eigenvalue weighted by Crippen LogP contribution is -2.31. The van der Waals surface area contributed by atoms with E-state index in [1.54, 1.807) is 0 Å². The van der Waals surface area contributed by atoms with Crippen molar-refractivity contribution >= 4 is 5.57 Å². The average molecular weight is 333 g/mol. The minimum absolute atomic E-state index is 0.0223. The van der Waals surface area contributed by atoms with Crippen LogP contribution in [0.3, 0.4) is 0 Å². The fourth-order valence-electron chi connectivity index (χ4n) is 3.77. The lowest BCUT2D eigenvalue weighted by atomic mass is 9.82. The Hall–Kier alpha value is -1.60. The topological polar surface area (TPSA) is 69.2 Å². The summed E-state index contributed by atoms with van der Waals surface area (Å²) in [6.45, 7) is 4.72. The molecule has 1 aliphatic carbocycles. The van der Waals surface area contributed by atoms with Gasteiger partial charge in [0.2, 0.25) is 6.79 Å². The van der Waals surface area contributed by atoms with Crippen LogP contribution in [0, 0.1) is 5.92 Å². The molecular weight excluding hydrogens is 310 g/mol. The number of nitrogens with one attached hydrogen (secondary N) is 1. The minimum Gasteiger partial charge on any atom is -0.454 e. The molecule has 0 radical (unpaired) electrons. The van der Waals surface area contributed by atoms with Gasteiger partial charge in [-0.15, -0.1) is 0 Å². The molecule has 130 valence electrons. The fraction of sp³-hybridized carbons (Fsp3) is 0.556. The third-order valence-electron chi connectivity index (χ3n) is 4.77. The maximum Gasteiger partial charge on any atom is 0.231 e. The molecule has 0 unspecified atom stereocenters. The Balaban J connectivity index is 1.67. The Labute approximate surface area is 141 Å².